The largest absolute Gasteiger partial charge is 0.494 e. The van der Waals surface area contributed by atoms with Crippen molar-refractivity contribution in [3.05, 3.63) is 78.1 Å². The van der Waals surface area contributed by atoms with Crippen molar-refractivity contribution in [3.8, 4) is 11.4 Å². The lowest BCUT2D eigenvalue weighted by atomic mass is 10.2. The molecule has 0 unspecified atom stereocenters. The normalized spacial score (nSPS) is 10.5. The molecule has 26 heavy (non-hydrogen) atoms. The summed E-state index contributed by atoms with van der Waals surface area (Å²) >= 11 is 0. The van der Waals surface area contributed by atoms with E-state index >= 15 is 0 Å². The summed E-state index contributed by atoms with van der Waals surface area (Å²) in [6.07, 6.45) is 3.21. The summed E-state index contributed by atoms with van der Waals surface area (Å²) in [5.74, 6) is 0.496. The Morgan fingerprint density at radius 3 is 2.62 bits per heavy atom. The van der Waals surface area contributed by atoms with Gasteiger partial charge in [-0.25, -0.2) is 4.68 Å². The molecule has 6 nitrogen and oxygen atoms in total. The molecule has 3 aromatic rings. The number of para-hydroxylation sites is 2. The molecule has 0 atom stereocenters. The third-order valence-electron chi connectivity index (χ3n) is 4.03. The van der Waals surface area contributed by atoms with Crippen molar-refractivity contribution in [1.82, 2.24) is 14.7 Å². The number of methoxy groups -OCH3 is 1. The van der Waals surface area contributed by atoms with E-state index in [1.54, 1.807) is 22.9 Å². The number of benzene rings is 2. The number of aliphatic hydroxyl groups excluding tert-OH is 1. The Labute approximate surface area is 152 Å². The summed E-state index contributed by atoms with van der Waals surface area (Å²) in [7, 11) is 1.59. The maximum absolute atomic E-state index is 12.9. The highest BCUT2D eigenvalue weighted by molar-refractivity contribution is 5.93. The van der Waals surface area contributed by atoms with Crippen molar-refractivity contribution in [2.24, 2.45) is 0 Å². The number of amides is 1. The van der Waals surface area contributed by atoms with Gasteiger partial charge in [-0.2, -0.15) is 5.10 Å². The average molecular weight is 351 g/mol. The highest BCUT2D eigenvalue weighted by Crippen LogP contribution is 2.22. The van der Waals surface area contributed by atoms with Gasteiger partial charge in [0, 0.05) is 19.3 Å². The molecule has 1 N–H and O–H groups in total. The van der Waals surface area contributed by atoms with E-state index < -0.39 is 0 Å². The maximum atomic E-state index is 12.9. The maximum Gasteiger partial charge on any atom is 0.257 e. The summed E-state index contributed by atoms with van der Waals surface area (Å²) < 4.78 is 6.96. The number of aromatic nitrogens is 2. The Kier molecular flexibility index (Phi) is 5.66. The van der Waals surface area contributed by atoms with Crippen molar-refractivity contribution >= 4 is 5.91 Å². The van der Waals surface area contributed by atoms with E-state index in [-0.39, 0.29) is 19.1 Å². The van der Waals surface area contributed by atoms with Gasteiger partial charge in [-0.15, -0.1) is 0 Å². The zero-order valence-corrected chi connectivity index (χ0v) is 14.6. The molecule has 3 rings (SSSR count). The lowest BCUT2D eigenvalue weighted by molar-refractivity contribution is 0.0708. The number of hydrogen-bond acceptors (Lipinski definition) is 4. The third kappa shape index (κ3) is 3.92. The number of rotatable bonds is 7. The van der Waals surface area contributed by atoms with Crippen LogP contribution in [0.4, 0.5) is 0 Å². The molecule has 0 saturated carbocycles. The summed E-state index contributed by atoms with van der Waals surface area (Å²) in [5.41, 5.74) is 2.22. The van der Waals surface area contributed by atoms with Crippen LogP contribution in [0.5, 0.6) is 5.75 Å². The van der Waals surface area contributed by atoms with Gasteiger partial charge >= 0.3 is 0 Å². The highest BCUT2D eigenvalue weighted by atomic mass is 16.5. The van der Waals surface area contributed by atoms with Crippen molar-refractivity contribution in [2.75, 3.05) is 20.3 Å². The van der Waals surface area contributed by atoms with Crippen LogP contribution in [0.15, 0.2) is 67.0 Å². The molecule has 0 aliphatic carbocycles. The first-order valence-corrected chi connectivity index (χ1v) is 8.35. The SMILES string of the molecule is COc1ccccc1-n1cc(C(=O)N(CCO)Cc2ccccc2)cn1. The number of carbonyl (C=O) groups is 1. The minimum atomic E-state index is -0.177. The van der Waals surface area contributed by atoms with Gasteiger partial charge in [-0.1, -0.05) is 42.5 Å². The van der Waals surface area contributed by atoms with Crippen molar-refractivity contribution in [1.29, 1.82) is 0 Å². The van der Waals surface area contributed by atoms with E-state index in [0.29, 0.717) is 17.9 Å². The first-order chi connectivity index (χ1) is 12.7. The van der Waals surface area contributed by atoms with Crippen LogP contribution in [0.1, 0.15) is 15.9 Å². The van der Waals surface area contributed by atoms with Crippen LogP contribution in [0.25, 0.3) is 5.69 Å². The van der Waals surface area contributed by atoms with Crippen LogP contribution in [0.2, 0.25) is 0 Å². The molecule has 0 aliphatic rings. The second kappa shape index (κ2) is 8.31. The molecular weight excluding hydrogens is 330 g/mol. The van der Waals surface area contributed by atoms with Gasteiger partial charge in [0.2, 0.25) is 0 Å². The van der Waals surface area contributed by atoms with Gasteiger partial charge in [-0.05, 0) is 17.7 Å². The van der Waals surface area contributed by atoms with Crippen LogP contribution in [-0.4, -0.2) is 46.0 Å². The third-order valence-corrected chi connectivity index (χ3v) is 4.03. The predicted octanol–water partition coefficient (Wildman–Crippen LogP) is 2.52. The minimum Gasteiger partial charge on any atom is -0.494 e. The first kappa shape index (κ1) is 17.7. The summed E-state index contributed by atoms with van der Waals surface area (Å²) in [4.78, 5) is 14.5. The fraction of sp³-hybridized carbons (Fsp3) is 0.200. The fourth-order valence-electron chi connectivity index (χ4n) is 2.74. The zero-order chi connectivity index (χ0) is 18.4. The Balaban J connectivity index is 1.83. The topological polar surface area (TPSA) is 67.6 Å². The molecule has 1 heterocycles. The molecule has 6 heteroatoms. The van der Waals surface area contributed by atoms with Gasteiger partial charge in [-0.3, -0.25) is 4.79 Å². The zero-order valence-electron chi connectivity index (χ0n) is 14.6. The van der Waals surface area contributed by atoms with Crippen molar-refractivity contribution < 1.29 is 14.6 Å². The first-order valence-electron chi connectivity index (χ1n) is 8.35. The summed E-state index contributed by atoms with van der Waals surface area (Å²) in [6, 6.07) is 17.2. The second-order valence-electron chi connectivity index (χ2n) is 5.78. The molecule has 134 valence electrons. The molecule has 0 radical (unpaired) electrons. The van der Waals surface area contributed by atoms with Crippen LogP contribution >= 0.6 is 0 Å². The summed E-state index contributed by atoms with van der Waals surface area (Å²) in [6.45, 7) is 0.590. The molecule has 1 aromatic heterocycles. The number of nitrogens with zero attached hydrogens (tertiary/aromatic N) is 3. The molecule has 0 aliphatic heterocycles. The van der Waals surface area contributed by atoms with E-state index in [2.05, 4.69) is 5.10 Å². The van der Waals surface area contributed by atoms with Gasteiger partial charge in [0.05, 0.1) is 25.5 Å². The van der Waals surface area contributed by atoms with Crippen LogP contribution in [0, 0.1) is 0 Å². The van der Waals surface area contributed by atoms with Crippen molar-refractivity contribution in [3.63, 3.8) is 0 Å². The van der Waals surface area contributed by atoms with Gasteiger partial charge in [0.1, 0.15) is 11.4 Å². The van der Waals surface area contributed by atoms with E-state index in [1.807, 2.05) is 54.6 Å². The van der Waals surface area contributed by atoms with E-state index in [0.717, 1.165) is 11.3 Å². The number of hydrogen-bond donors (Lipinski definition) is 1. The van der Waals surface area contributed by atoms with Crippen LogP contribution in [-0.2, 0) is 6.54 Å². The van der Waals surface area contributed by atoms with Gasteiger partial charge in [0.15, 0.2) is 0 Å². The molecule has 0 saturated heterocycles. The second-order valence-corrected chi connectivity index (χ2v) is 5.78. The molecule has 2 aromatic carbocycles. The highest BCUT2D eigenvalue weighted by Gasteiger charge is 2.18. The lowest BCUT2D eigenvalue weighted by Gasteiger charge is -2.21. The quantitative estimate of drug-likeness (QED) is 0.710. The van der Waals surface area contributed by atoms with Gasteiger partial charge < -0.3 is 14.7 Å². The fourth-order valence-corrected chi connectivity index (χ4v) is 2.74. The molecule has 1 amide bonds. The van der Waals surface area contributed by atoms with Crippen LogP contribution < -0.4 is 4.74 Å². The van der Waals surface area contributed by atoms with Gasteiger partial charge in [0.25, 0.3) is 5.91 Å². The average Bonchev–Trinajstić information content (AvgIpc) is 3.18. The van der Waals surface area contributed by atoms with E-state index in [9.17, 15) is 9.90 Å². The molecule has 0 spiro atoms. The predicted molar refractivity (Wildman–Crippen MR) is 98.4 cm³/mol. The van der Waals surface area contributed by atoms with E-state index in [4.69, 9.17) is 4.74 Å². The molecule has 0 fully saturated rings. The Hall–Kier alpha value is -3.12. The standard InChI is InChI=1S/C20H21N3O3/c1-26-19-10-6-5-9-18(19)23-15-17(13-21-23)20(25)22(11-12-24)14-16-7-3-2-4-8-16/h2-10,13,15,24H,11-12,14H2,1H3. The lowest BCUT2D eigenvalue weighted by Crippen LogP contribution is -2.32. The molecular formula is C20H21N3O3. The monoisotopic (exact) mass is 351 g/mol. The Morgan fingerprint density at radius 1 is 1.15 bits per heavy atom. The smallest absolute Gasteiger partial charge is 0.257 e. The minimum absolute atomic E-state index is 0.0980. The van der Waals surface area contributed by atoms with Crippen molar-refractivity contribution in [2.45, 2.75) is 6.54 Å². The Morgan fingerprint density at radius 2 is 1.88 bits per heavy atom. The number of carbonyl (C=O) groups excluding carboxylic acids is 1. The molecule has 0 bridgehead atoms. The Bertz CT molecular complexity index is 862. The summed E-state index contributed by atoms with van der Waals surface area (Å²) in [5, 5.41) is 13.6. The number of aliphatic hydroxyl groups is 1. The van der Waals surface area contributed by atoms with Crippen LogP contribution in [0.3, 0.4) is 0 Å². The number of ether oxygens (including phenoxy) is 1. The van der Waals surface area contributed by atoms with E-state index in [1.165, 1.54) is 6.20 Å².